The van der Waals surface area contributed by atoms with Crippen LogP contribution in [0.3, 0.4) is 0 Å². The van der Waals surface area contributed by atoms with Gasteiger partial charge in [0.2, 0.25) is 5.76 Å². The van der Waals surface area contributed by atoms with Crippen LogP contribution in [0.2, 0.25) is 0 Å². The van der Waals surface area contributed by atoms with Gasteiger partial charge in [-0.2, -0.15) is 0 Å². The van der Waals surface area contributed by atoms with E-state index in [1.54, 1.807) is 0 Å². The van der Waals surface area contributed by atoms with Crippen LogP contribution in [0.15, 0.2) is 4.42 Å². The van der Waals surface area contributed by atoms with Gasteiger partial charge < -0.3 is 19.0 Å². The van der Waals surface area contributed by atoms with Crippen molar-refractivity contribution in [3.05, 3.63) is 22.6 Å². The SMILES string of the molecule is COC(=O)c1c(C)oc(C(=O)O)c1C(=O)OC. The molecular weight excluding hydrogens is 232 g/mol. The number of esters is 2. The van der Waals surface area contributed by atoms with Gasteiger partial charge in [-0.15, -0.1) is 0 Å². The maximum Gasteiger partial charge on any atom is 0.372 e. The largest absolute Gasteiger partial charge is 0.475 e. The fraction of sp³-hybridized carbons (Fsp3) is 0.300. The number of hydrogen-bond acceptors (Lipinski definition) is 6. The Kier molecular flexibility index (Phi) is 3.52. The van der Waals surface area contributed by atoms with Crippen LogP contribution in [-0.2, 0) is 9.47 Å². The number of hydrogen-bond donors (Lipinski definition) is 1. The third kappa shape index (κ3) is 2.12. The lowest BCUT2D eigenvalue weighted by molar-refractivity contribution is 0.0547. The quantitative estimate of drug-likeness (QED) is 0.784. The first-order chi connectivity index (χ1) is 7.93. The molecule has 7 heteroatoms. The van der Waals surface area contributed by atoms with Crippen LogP contribution in [0.25, 0.3) is 0 Å². The van der Waals surface area contributed by atoms with E-state index in [1.807, 2.05) is 0 Å². The van der Waals surface area contributed by atoms with Gasteiger partial charge in [0.25, 0.3) is 0 Å². The standard InChI is InChI=1S/C10H10O7/c1-4-5(9(13)15-2)6(10(14)16-3)7(17-4)8(11)12/h1-3H3,(H,11,12). The number of carboxylic acid groups (broad SMARTS) is 1. The first-order valence-corrected chi connectivity index (χ1v) is 4.47. The van der Waals surface area contributed by atoms with Crippen molar-refractivity contribution < 1.29 is 33.4 Å². The first kappa shape index (κ1) is 12.8. The lowest BCUT2D eigenvalue weighted by atomic mass is 10.1. The van der Waals surface area contributed by atoms with Crippen molar-refractivity contribution in [3.8, 4) is 0 Å². The van der Waals surface area contributed by atoms with E-state index in [0.717, 1.165) is 14.2 Å². The zero-order chi connectivity index (χ0) is 13.2. The molecule has 0 saturated carbocycles. The molecule has 0 saturated heterocycles. The second kappa shape index (κ2) is 4.69. The molecule has 0 spiro atoms. The summed E-state index contributed by atoms with van der Waals surface area (Å²) in [7, 11) is 2.17. The Balaban J connectivity index is 3.53. The number of rotatable bonds is 3. The van der Waals surface area contributed by atoms with Crippen LogP contribution < -0.4 is 0 Å². The average Bonchev–Trinajstić information content (AvgIpc) is 2.65. The van der Waals surface area contributed by atoms with Crippen molar-refractivity contribution in [2.75, 3.05) is 14.2 Å². The van der Waals surface area contributed by atoms with E-state index in [0.29, 0.717) is 0 Å². The number of carboxylic acids is 1. The summed E-state index contributed by atoms with van der Waals surface area (Å²) in [6.07, 6.45) is 0. The van der Waals surface area contributed by atoms with Crippen molar-refractivity contribution in [1.29, 1.82) is 0 Å². The minimum absolute atomic E-state index is 0.0188. The molecule has 92 valence electrons. The molecule has 0 radical (unpaired) electrons. The normalized spacial score (nSPS) is 9.82. The molecule has 0 bridgehead atoms. The van der Waals surface area contributed by atoms with Crippen LogP contribution in [0.5, 0.6) is 0 Å². The molecule has 0 fully saturated rings. The molecule has 1 N–H and O–H groups in total. The molecular formula is C10H10O7. The lowest BCUT2D eigenvalue weighted by Crippen LogP contribution is -2.13. The highest BCUT2D eigenvalue weighted by molar-refractivity contribution is 6.09. The highest BCUT2D eigenvalue weighted by Gasteiger charge is 2.32. The van der Waals surface area contributed by atoms with Crippen LogP contribution in [0.1, 0.15) is 37.0 Å². The summed E-state index contributed by atoms with van der Waals surface area (Å²) in [6.45, 7) is 1.35. The molecule has 17 heavy (non-hydrogen) atoms. The first-order valence-electron chi connectivity index (χ1n) is 4.47. The maximum atomic E-state index is 11.4. The van der Waals surface area contributed by atoms with Gasteiger partial charge in [0, 0.05) is 0 Å². The molecule has 0 unspecified atom stereocenters. The van der Waals surface area contributed by atoms with Crippen LogP contribution in [-0.4, -0.2) is 37.2 Å². The number of aromatic carboxylic acids is 1. The minimum atomic E-state index is -1.47. The van der Waals surface area contributed by atoms with Gasteiger partial charge in [0.15, 0.2) is 0 Å². The van der Waals surface area contributed by atoms with Gasteiger partial charge in [-0.1, -0.05) is 0 Å². The summed E-state index contributed by atoms with van der Waals surface area (Å²) in [5.74, 6) is -3.97. The predicted octanol–water partition coefficient (Wildman–Crippen LogP) is 0.859. The Bertz CT molecular complexity index is 483. The van der Waals surface area contributed by atoms with E-state index in [4.69, 9.17) is 9.52 Å². The van der Waals surface area contributed by atoms with Crippen molar-refractivity contribution in [1.82, 2.24) is 0 Å². The molecule has 0 aromatic carbocycles. The van der Waals surface area contributed by atoms with Gasteiger partial charge in [-0.25, -0.2) is 14.4 Å². The second-order valence-electron chi connectivity index (χ2n) is 3.03. The van der Waals surface area contributed by atoms with Gasteiger partial charge in [-0.05, 0) is 6.92 Å². The monoisotopic (exact) mass is 242 g/mol. The molecule has 0 amide bonds. The topological polar surface area (TPSA) is 103 Å². The number of furan rings is 1. The predicted molar refractivity (Wildman–Crippen MR) is 53.1 cm³/mol. The minimum Gasteiger partial charge on any atom is -0.475 e. The molecule has 1 aromatic heterocycles. The van der Waals surface area contributed by atoms with Crippen molar-refractivity contribution in [3.63, 3.8) is 0 Å². The highest BCUT2D eigenvalue weighted by Crippen LogP contribution is 2.24. The third-order valence-corrected chi connectivity index (χ3v) is 2.06. The summed E-state index contributed by atoms with van der Waals surface area (Å²) >= 11 is 0. The summed E-state index contributed by atoms with van der Waals surface area (Å²) in [5.41, 5.74) is -0.680. The van der Waals surface area contributed by atoms with Crippen molar-refractivity contribution in [2.45, 2.75) is 6.92 Å². The number of ether oxygens (including phenoxy) is 2. The molecule has 0 aliphatic rings. The molecule has 0 aliphatic carbocycles. The van der Waals surface area contributed by atoms with Crippen LogP contribution in [0, 0.1) is 6.92 Å². The summed E-state index contributed by atoms with van der Waals surface area (Å²) in [4.78, 5) is 33.7. The number of carbonyl (C=O) groups excluding carboxylic acids is 2. The Morgan fingerprint density at radius 1 is 1.06 bits per heavy atom. The Morgan fingerprint density at radius 2 is 1.53 bits per heavy atom. The van der Waals surface area contributed by atoms with Crippen molar-refractivity contribution >= 4 is 17.9 Å². The zero-order valence-corrected chi connectivity index (χ0v) is 9.40. The van der Waals surface area contributed by atoms with E-state index in [-0.39, 0.29) is 11.3 Å². The Morgan fingerprint density at radius 3 is 1.94 bits per heavy atom. The maximum absolute atomic E-state index is 11.4. The summed E-state index contributed by atoms with van der Waals surface area (Å²) < 4.78 is 13.7. The molecule has 7 nitrogen and oxygen atoms in total. The highest BCUT2D eigenvalue weighted by atomic mass is 16.5. The van der Waals surface area contributed by atoms with E-state index >= 15 is 0 Å². The summed E-state index contributed by atoms with van der Waals surface area (Å²) in [6, 6.07) is 0. The molecule has 0 atom stereocenters. The molecule has 1 heterocycles. The zero-order valence-electron chi connectivity index (χ0n) is 9.40. The fourth-order valence-electron chi connectivity index (χ4n) is 1.34. The van der Waals surface area contributed by atoms with Gasteiger partial charge in [-0.3, -0.25) is 0 Å². The number of methoxy groups -OCH3 is 2. The third-order valence-electron chi connectivity index (χ3n) is 2.06. The lowest BCUT2D eigenvalue weighted by Gasteiger charge is -2.01. The van der Waals surface area contributed by atoms with Gasteiger partial charge in [0.05, 0.1) is 14.2 Å². The molecule has 0 aliphatic heterocycles. The van der Waals surface area contributed by atoms with Crippen LogP contribution >= 0.6 is 0 Å². The number of aryl methyl sites for hydroxylation is 1. The molecule has 1 rings (SSSR count). The second-order valence-corrected chi connectivity index (χ2v) is 3.03. The van der Waals surface area contributed by atoms with Crippen LogP contribution in [0.4, 0.5) is 0 Å². The van der Waals surface area contributed by atoms with Gasteiger partial charge in [0.1, 0.15) is 16.9 Å². The smallest absolute Gasteiger partial charge is 0.372 e. The van der Waals surface area contributed by atoms with E-state index in [9.17, 15) is 14.4 Å². The van der Waals surface area contributed by atoms with Gasteiger partial charge >= 0.3 is 17.9 Å². The summed E-state index contributed by atoms with van der Waals surface area (Å²) in [5, 5.41) is 8.85. The average molecular weight is 242 g/mol. The van der Waals surface area contributed by atoms with E-state index < -0.39 is 29.2 Å². The number of carbonyl (C=O) groups is 3. The van der Waals surface area contributed by atoms with Crippen molar-refractivity contribution in [2.24, 2.45) is 0 Å². The molecule has 1 aromatic rings. The van der Waals surface area contributed by atoms with E-state index in [2.05, 4.69) is 9.47 Å². The van der Waals surface area contributed by atoms with E-state index in [1.165, 1.54) is 6.92 Å². The Labute approximate surface area is 95.9 Å². The Hall–Kier alpha value is -2.31. The fourth-order valence-corrected chi connectivity index (χ4v) is 1.34.